The number of carboxylic acid groups (broad SMARTS) is 1. The van der Waals surface area contributed by atoms with Gasteiger partial charge in [-0.3, -0.25) is 9.59 Å². The monoisotopic (exact) mass is 523 g/mol. The van der Waals surface area contributed by atoms with Crippen molar-refractivity contribution < 1.29 is 33.0 Å². The Hall–Kier alpha value is -3.99. The molecule has 0 fully saturated rings. The van der Waals surface area contributed by atoms with E-state index in [2.05, 4.69) is 10.6 Å². The Kier molecular flexibility index (Phi) is 7.93. The molecule has 0 aliphatic carbocycles. The maximum absolute atomic E-state index is 13.1. The molecule has 0 saturated carbocycles. The van der Waals surface area contributed by atoms with E-state index in [0.29, 0.717) is 5.56 Å². The molecule has 12 heteroatoms. The van der Waals surface area contributed by atoms with Gasteiger partial charge in [0.1, 0.15) is 5.75 Å². The van der Waals surface area contributed by atoms with Gasteiger partial charge >= 0.3 is 18.2 Å². The minimum Gasteiger partial charge on any atom is -0.505 e. The van der Waals surface area contributed by atoms with Crippen LogP contribution >= 0.6 is 11.6 Å². The fourth-order valence-electron chi connectivity index (χ4n) is 3.40. The zero-order valence-corrected chi connectivity index (χ0v) is 19.5. The molecule has 2 aromatic carbocycles. The van der Waals surface area contributed by atoms with Gasteiger partial charge in [0, 0.05) is 11.2 Å². The van der Waals surface area contributed by atoms with E-state index in [4.69, 9.17) is 11.6 Å². The first-order valence-corrected chi connectivity index (χ1v) is 10.9. The van der Waals surface area contributed by atoms with Gasteiger partial charge in [0.15, 0.2) is 5.69 Å². The van der Waals surface area contributed by atoms with Crippen molar-refractivity contribution in [2.45, 2.75) is 32.1 Å². The largest absolute Gasteiger partial charge is 0.505 e. The molecule has 3 aromatic rings. The number of carboxylic acids is 1. The fourth-order valence-corrected chi connectivity index (χ4v) is 3.57. The Labute approximate surface area is 208 Å². The zero-order chi connectivity index (χ0) is 26.6. The number of urea groups is 1. The van der Waals surface area contributed by atoms with Crippen molar-refractivity contribution in [2.75, 3.05) is 5.32 Å². The predicted molar refractivity (Wildman–Crippen MR) is 126 cm³/mol. The molecule has 8 nitrogen and oxygen atoms in total. The third-order valence-electron chi connectivity index (χ3n) is 5.26. The molecule has 0 aliphatic rings. The second-order valence-electron chi connectivity index (χ2n) is 7.97. The molecule has 0 bridgehead atoms. The molecule has 190 valence electrons. The smallest absolute Gasteiger partial charge is 0.416 e. The summed E-state index contributed by atoms with van der Waals surface area (Å²) in [6, 6.07) is 8.62. The summed E-state index contributed by atoms with van der Waals surface area (Å²) >= 11 is 6.01. The number of nitrogens with one attached hydrogen (secondary N) is 2. The van der Waals surface area contributed by atoms with Gasteiger partial charge in [-0.2, -0.15) is 13.2 Å². The van der Waals surface area contributed by atoms with Crippen LogP contribution in [0.3, 0.4) is 0 Å². The van der Waals surface area contributed by atoms with E-state index in [9.17, 15) is 37.8 Å². The van der Waals surface area contributed by atoms with Gasteiger partial charge in [0.05, 0.1) is 24.6 Å². The Morgan fingerprint density at radius 3 is 2.39 bits per heavy atom. The van der Waals surface area contributed by atoms with Gasteiger partial charge < -0.3 is 25.4 Å². The summed E-state index contributed by atoms with van der Waals surface area (Å²) in [6.45, 7) is 1.47. The summed E-state index contributed by atoms with van der Waals surface area (Å²) < 4.78 is 40.2. The molecule has 3 rings (SSSR count). The number of pyridine rings is 1. The number of amides is 2. The number of aromatic hydroxyl groups is 1. The number of benzene rings is 2. The molecule has 0 aliphatic heterocycles. The van der Waals surface area contributed by atoms with Crippen LogP contribution in [0.25, 0.3) is 0 Å². The number of alkyl halides is 3. The summed E-state index contributed by atoms with van der Waals surface area (Å²) in [6.07, 6.45) is -3.93. The average Bonchev–Trinajstić information content (AvgIpc) is 2.79. The van der Waals surface area contributed by atoms with E-state index >= 15 is 0 Å². The highest BCUT2D eigenvalue weighted by molar-refractivity contribution is 6.31. The minimum absolute atomic E-state index is 0.00410. The van der Waals surface area contributed by atoms with Gasteiger partial charge in [-0.05, 0) is 42.3 Å². The summed E-state index contributed by atoms with van der Waals surface area (Å²) in [5, 5.41) is 24.0. The van der Waals surface area contributed by atoms with Crippen LogP contribution in [0.2, 0.25) is 5.02 Å². The Morgan fingerprint density at radius 2 is 1.78 bits per heavy atom. The van der Waals surface area contributed by atoms with Gasteiger partial charge in [0.2, 0.25) is 0 Å². The van der Waals surface area contributed by atoms with E-state index in [0.717, 1.165) is 40.6 Å². The van der Waals surface area contributed by atoms with Gasteiger partial charge in [-0.1, -0.05) is 41.4 Å². The highest BCUT2D eigenvalue weighted by Gasteiger charge is 2.31. The number of hydrogen-bond donors (Lipinski definition) is 4. The first-order valence-electron chi connectivity index (χ1n) is 10.5. The Morgan fingerprint density at radius 1 is 1.11 bits per heavy atom. The van der Waals surface area contributed by atoms with E-state index in [1.807, 2.05) is 6.92 Å². The van der Waals surface area contributed by atoms with Crippen molar-refractivity contribution in [3.8, 4) is 5.75 Å². The first kappa shape index (κ1) is 26.6. The molecule has 36 heavy (non-hydrogen) atoms. The van der Waals surface area contributed by atoms with Crippen LogP contribution in [-0.2, 0) is 17.5 Å². The van der Waals surface area contributed by atoms with Crippen molar-refractivity contribution in [1.82, 2.24) is 9.88 Å². The Bertz CT molecular complexity index is 1340. The maximum atomic E-state index is 13.1. The van der Waals surface area contributed by atoms with Crippen LogP contribution < -0.4 is 16.2 Å². The van der Waals surface area contributed by atoms with Crippen LogP contribution in [-0.4, -0.2) is 26.8 Å². The number of rotatable bonds is 7. The lowest BCUT2D eigenvalue weighted by Crippen LogP contribution is -2.36. The lowest BCUT2D eigenvalue weighted by Gasteiger charge is -2.19. The number of halogens is 4. The van der Waals surface area contributed by atoms with E-state index < -0.39 is 53.2 Å². The molecule has 0 spiro atoms. The molecule has 2 amide bonds. The van der Waals surface area contributed by atoms with Crippen LogP contribution in [0.5, 0.6) is 5.75 Å². The van der Waals surface area contributed by atoms with E-state index in [1.165, 1.54) is 0 Å². The van der Waals surface area contributed by atoms with E-state index in [-0.39, 0.29) is 17.1 Å². The van der Waals surface area contributed by atoms with Crippen molar-refractivity contribution in [2.24, 2.45) is 0 Å². The quantitative estimate of drug-likeness (QED) is 0.350. The highest BCUT2D eigenvalue weighted by atomic mass is 35.5. The first-order chi connectivity index (χ1) is 16.8. The molecular weight excluding hydrogens is 503 g/mol. The van der Waals surface area contributed by atoms with Crippen LogP contribution in [0.15, 0.2) is 59.5 Å². The molecular formula is C24H21ClF3N3O5. The number of nitrogens with zero attached hydrogens (tertiary/aromatic N) is 1. The van der Waals surface area contributed by atoms with Crippen molar-refractivity contribution >= 4 is 29.3 Å². The fraction of sp³-hybridized carbons (Fsp3) is 0.208. The summed E-state index contributed by atoms with van der Waals surface area (Å²) in [5.74, 6) is -1.77. The Balaban J connectivity index is 1.85. The van der Waals surface area contributed by atoms with Crippen LogP contribution in [0.4, 0.5) is 23.7 Å². The highest BCUT2D eigenvalue weighted by Crippen LogP contribution is 2.32. The molecule has 4 N–H and O–H groups in total. The summed E-state index contributed by atoms with van der Waals surface area (Å²) in [5.41, 5.74) is -0.984. The normalized spacial score (nSPS) is 12.1. The molecule has 1 aromatic heterocycles. The lowest BCUT2D eigenvalue weighted by atomic mass is 10.0. The molecule has 1 atom stereocenters. The lowest BCUT2D eigenvalue weighted by molar-refractivity contribution is -0.138. The molecule has 0 unspecified atom stereocenters. The van der Waals surface area contributed by atoms with Crippen LogP contribution in [0, 0.1) is 6.92 Å². The predicted octanol–water partition coefficient (Wildman–Crippen LogP) is 4.92. The van der Waals surface area contributed by atoms with E-state index in [1.54, 1.807) is 24.3 Å². The third kappa shape index (κ3) is 6.57. The summed E-state index contributed by atoms with van der Waals surface area (Å²) in [4.78, 5) is 36.8. The molecule has 1 heterocycles. The number of hydrogen-bond acceptors (Lipinski definition) is 4. The third-order valence-corrected chi connectivity index (χ3v) is 5.63. The van der Waals surface area contributed by atoms with Crippen molar-refractivity contribution in [3.05, 3.63) is 92.4 Å². The number of anilines is 1. The average molecular weight is 524 g/mol. The topological polar surface area (TPSA) is 121 Å². The summed E-state index contributed by atoms with van der Waals surface area (Å²) in [7, 11) is 0. The van der Waals surface area contributed by atoms with Gasteiger partial charge in [-0.15, -0.1) is 0 Å². The second kappa shape index (κ2) is 10.7. The van der Waals surface area contributed by atoms with Crippen molar-refractivity contribution in [1.29, 1.82) is 0 Å². The van der Waals surface area contributed by atoms with Crippen molar-refractivity contribution in [3.63, 3.8) is 0 Å². The molecule has 0 saturated heterocycles. The second-order valence-corrected chi connectivity index (χ2v) is 8.38. The van der Waals surface area contributed by atoms with Gasteiger partial charge in [-0.25, -0.2) is 4.79 Å². The number of aromatic nitrogens is 1. The standard InChI is InChI=1S/C24H21ClF3N3O5/c1-13-2-4-14(5-3-13)18(11-20(33)34)29-23(36)30-21-19(32)8-9-31(22(21)35)12-15-10-16(24(26,27)28)6-7-17(15)25/h2-10,18,32H,11-12H2,1H3,(H,33,34)(H2,29,30,36)/t18-/m0/s1. The van der Waals surface area contributed by atoms with Gasteiger partial charge in [0.25, 0.3) is 5.56 Å². The number of aryl methyl sites for hydroxylation is 1. The number of carbonyl (C=O) groups is 2. The SMILES string of the molecule is Cc1ccc([C@H](CC(=O)O)NC(=O)Nc2c(O)ccn(Cc3cc(C(F)(F)F)ccc3Cl)c2=O)cc1. The number of aliphatic carboxylic acids is 1. The minimum atomic E-state index is -4.62. The number of carbonyl (C=O) groups excluding carboxylic acids is 1. The maximum Gasteiger partial charge on any atom is 0.416 e. The van der Waals surface area contributed by atoms with Crippen LogP contribution in [0.1, 0.15) is 34.7 Å². The molecule has 0 radical (unpaired) electrons. The zero-order valence-electron chi connectivity index (χ0n) is 18.8.